The summed E-state index contributed by atoms with van der Waals surface area (Å²) in [4.78, 5) is 7.24. The second kappa shape index (κ2) is 4.29. The molecule has 0 aliphatic heterocycles. The number of nitrogens with one attached hydrogen (secondary N) is 1. The Balaban J connectivity index is 2.10. The van der Waals surface area contributed by atoms with Crippen LogP contribution in [0.5, 0.6) is 0 Å². The molecule has 1 atom stereocenters. The molecule has 0 bridgehead atoms. The third kappa shape index (κ3) is 1.87. The first kappa shape index (κ1) is 9.90. The summed E-state index contributed by atoms with van der Waals surface area (Å²) in [6.45, 7) is 0. The topological polar surface area (TPSA) is 33.6 Å². The fourth-order valence-corrected chi connectivity index (χ4v) is 2.10. The standard InChI is InChI=1S/C14H13N3/c1-2-4-12(5-3-1)14(13-6-7-15-10-13)17-9-8-16-11-17/h1-11,14-15H. The zero-order chi connectivity index (χ0) is 11.5. The van der Waals surface area contributed by atoms with Gasteiger partial charge in [0, 0.05) is 24.8 Å². The van der Waals surface area contributed by atoms with Gasteiger partial charge in [-0.2, -0.15) is 0 Å². The number of hydrogen-bond acceptors (Lipinski definition) is 1. The van der Waals surface area contributed by atoms with Gasteiger partial charge in [-0.1, -0.05) is 30.3 Å². The summed E-state index contributed by atoms with van der Waals surface area (Å²) in [7, 11) is 0. The second-order valence-electron chi connectivity index (χ2n) is 3.97. The zero-order valence-corrected chi connectivity index (χ0v) is 9.32. The van der Waals surface area contributed by atoms with Crippen molar-refractivity contribution >= 4 is 0 Å². The van der Waals surface area contributed by atoms with Gasteiger partial charge in [0.05, 0.1) is 12.4 Å². The summed E-state index contributed by atoms with van der Waals surface area (Å²) in [5, 5.41) is 0. The quantitative estimate of drug-likeness (QED) is 0.727. The Kier molecular flexibility index (Phi) is 2.50. The van der Waals surface area contributed by atoms with Crippen LogP contribution in [0.2, 0.25) is 0 Å². The van der Waals surface area contributed by atoms with Crippen LogP contribution < -0.4 is 0 Å². The van der Waals surface area contributed by atoms with E-state index in [1.807, 2.05) is 37.2 Å². The van der Waals surface area contributed by atoms with Gasteiger partial charge >= 0.3 is 0 Å². The predicted octanol–water partition coefficient (Wildman–Crippen LogP) is 2.85. The second-order valence-corrected chi connectivity index (χ2v) is 3.97. The molecule has 17 heavy (non-hydrogen) atoms. The number of H-pyrrole nitrogens is 1. The van der Waals surface area contributed by atoms with Gasteiger partial charge in [0.15, 0.2) is 0 Å². The van der Waals surface area contributed by atoms with Gasteiger partial charge in [-0.15, -0.1) is 0 Å². The van der Waals surface area contributed by atoms with Crippen molar-refractivity contribution in [3.63, 3.8) is 0 Å². The molecule has 3 nitrogen and oxygen atoms in total. The Morgan fingerprint density at radius 1 is 1.06 bits per heavy atom. The number of rotatable bonds is 3. The SMILES string of the molecule is c1ccc(C(c2cc[nH]c2)n2ccnc2)cc1. The molecule has 3 heteroatoms. The number of aromatic nitrogens is 3. The van der Waals surface area contributed by atoms with Crippen LogP contribution >= 0.6 is 0 Å². The molecule has 3 rings (SSSR count). The maximum atomic E-state index is 4.13. The number of aromatic amines is 1. The molecule has 84 valence electrons. The van der Waals surface area contributed by atoms with Gasteiger partial charge in [0.1, 0.15) is 0 Å². The molecule has 0 radical (unpaired) electrons. The first-order chi connectivity index (χ1) is 8.45. The minimum Gasteiger partial charge on any atom is -0.367 e. The van der Waals surface area contributed by atoms with E-state index in [9.17, 15) is 0 Å². The van der Waals surface area contributed by atoms with E-state index >= 15 is 0 Å². The molecule has 0 amide bonds. The van der Waals surface area contributed by atoms with Gasteiger partial charge in [-0.25, -0.2) is 4.98 Å². The van der Waals surface area contributed by atoms with Crippen molar-refractivity contribution in [2.24, 2.45) is 0 Å². The van der Waals surface area contributed by atoms with Crippen molar-refractivity contribution in [2.45, 2.75) is 6.04 Å². The molecule has 0 spiro atoms. The van der Waals surface area contributed by atoms with Crippen LogP contribution in [0.3, 0.4) is 0 Å². The molecule has 3 aromatic rings. The number of nitrogens with zero attached hydrogens (tertiary/aromatic N) is 2. The summed E-state index contributed by atoms with van der Waals surface area (Å²) in [6.07, 6.45) is 9.62. The highest BCUT2D eigenvalue weighted by molar-refractivity contribution is 5.31. The van der Waals surface area contributed by atoms with Crippen LogP contribution in [-0.4, -0.2) is 14.5 Å². The van der Waals surface area contributed by atoms with Crippen molar-refractivity contribution in [1.82, 2.24) is 14.5 Å². The van der Waals surface area contributed by atoms with E-state index in [-0.39, 0.29) is 6.04 Å². The Hall–Kier alpha value is -2.29. The van der Waals surface area contributed by atoms with Crippen LogP contribution in [0.1, 0.15) is 17.2 Å². The van der Waals surface area contributed by atoms with Gasteiger partial charge in [0.25, 0.3) is 0 Å². The maximum absolute atomic E-state index is 4.13. The third-order valence-corrected chi connectivity index (χ3v) is 2.88. The van der Waals surface area contributed by atoms with Gasteiger partial charge in [0.2, 0.25) is 0 Å². The Labute approximate surface area is 99.8 Å². The smallest absolute Gasteiger partial charge is 0.0954 e. The van der Waals surface area contributed by atoms with Crippen LogP contribution in [0.4, 0.5) is 0 Å². The number of benzene rings is 1. The lowest BCUT2D eigenvalue weighted by Crippen LogP contribution is -2.09. The van der Waals surface area contributed by atoms with E-state index in [4.69, 9.17) is 0 Å². The summed E-state index contributed by atoms with van der Waals surface area (Å²) in [5.41, 5.74) is 2.49. The molecule has 0 saturated carbocycles. The average Bonchev–Trinajstić information content (AvgIpc) is 3.04. The van der Waals surface area contributed by atoms with Crippen LogP contribution in [0.25, 0.3) is 0 Å². The van der Waals surface area contributed by atoms with Crippen LogP contribution in [0, 0.1) is 0 Å². The van der Waals surface area contributed by atoms with Crippen molar-refractivity contribution in [1.29, 1.82) is 0 Å². The van der Waals surface area contributed by atoms with Gasteiger partial charge in [-0.05, 0) is 17.2 Å². The lowest BCUT2D eigenvalue weighted by molar-refractivity contribution is 0.677. The molecule has 1 aromatic carbocycles. The predicted molar refractivity (Wildman–Crippen MR) is 66.7 cm³/mol. The monoisotopic (exact) mass is 223 g/mol. The Bertz CT molecular complexity index is 519. The average molecular weight is 223 g/mol. The van der Waals surface area contributed by atoms with Gasteiger partial charge < -0.3 is 9.55 Å². The molecular formula is C14H13N3. The zero-order valence-electron chi connectivity index (χ0n) is 9.32. The molecule has 0 fully saturated rings. The molecule has 2 heterocycles. The van der Waals surface area contributed by atoms with Crippen molar-refractivity contribution in [2.75, 3.05) is 0 Å². The van der Waals surface area contributed by atoms with E-state index in [0.29, 0.717) is 0 Å². The van der Waals surface area contributed by atoms with Crippen molar-refractivity contribution < 1.29 is 0 Å². The summed E-state index contributed by atoms with van der Waals surface area (Å²) in [5.74, 6) is 0. The third-order valence-electron chi connectivity index (χ3n) is 2.88. The fourth-order valence-electron chi connectivity index (χ4n) is 2.10. The largest absolute Gasteiger partial charge is 0.367 e. The van der Waals surface area contributed by atoms with E-state index in [1.165, 1.54) is 11.1 Å². The van der Waals surface area contributed by atoms with E-state index in [1.54, 1.807) is 0 Å². The normalized spacial score (nSPS) is 12.5. The molecule has 1 N–H and O–H groups in total. The van der Waals surface area contributed by atoms with E-state index < -0.39 is 0 Å². The lowest BCUT2D eigenvalue weighted by Gasteiger charge is -2.17. The minimum atomic E-state index is 0.185. The molecule has 0 saturated heterocycles. The number of imidazole rings is 1. The highest BCUT2D eigenvalue weighted by atomic mass is 15.1. The molecule has 0 aliphatic carbocycles. The molecular weight excluding hydrogens is 210 g/mol. The summed E-state index contributed by atoms with van der Waals surface area (Å²) >= 11 is 0. The molecule has 2 aromatic heterocycles. The van der Waals surface area contributed by atoms with Crippen LogP contribution in [-0.2, 0) is 0 Å². The minimum absolute atomic E-state index is 0.185. The fraction of sp³-hybridized carbons (Fsp3) is 0.0714. The first-order valence-corrected chi connectivity index (χ1v) is 5.60. The molecule has 0 aliphatic rings. The highest BCUT2D eigenvalue weighted by Crippen LogP contribution is 2.25. The highest BCUT2D eigenvalue weighted by Gasteiger charge is 2.15. The Morgan fingerprint density at radius 2 is 1.94 bits per heavy atom. The summed E-state index contributed by atoms with van der Waals surface area (Å²) in [6, 6.07) is 12.7. The lowest BCUT2D eigenvalue weighted by atomic mass is 10.0. The van der Waals surface area contributed by atoms with Gasteiger partial charge in [-0.3, -0.25) is 0 Å². The van der Waals surface area contributed by atoms with E-state index in [2.05, 4.69) is 44.9 Å². The number of hydrogen-bond donors (Lipinski definition) is 1. The van der Waals surface area contributed by atoms with E-state index in [0.717, 1.165) is 0 Å². The van der Waals surface area contributed by atoms with Crippen molar-refractivity contribution in [3.05, 3.63) is 78.6 Å². The Morgan fingerprint density at radius 3 is 2.59 bits per heavy atom. The summed E-state index contributed by atoms with van der Waals surface area (Å²) < 4.78 is 2.11. The first-order valence-electron chi connectivity index (χ1n) is 5.60. The van der Waals surface area contributed by atoms with Crippen LogP contribution in [0.15, 0.2) is 67.5 Å². The maximum Gasteiger partial charge on any atom is 0.0954 e. The molecule has 1 unspecified atom stereocenters. The van der Waals surface area contributed by atoms with Crippen molar-refractivity contribution in [3.8, 4) is 0 Å².